The van der Waals surface area contributed by atoms with Crippen molar-refractivity contribution in [1.29, 1.82) is 0 Å². The first-order valence-electron chi connectivity index (χ1n) is 7.95. The van der Waals surface area contributed by atoms with Crippen LogP contribution in [0.25, 0.3) is 0 Å². The number of aliphatic hydroxyl groups excluding tert-OH is 1. The number of halogens is 1. The van der Waals surface area contributed by atoms with E-state index in [-0.39, 0.29) is 6.54 Å². The minimum absolute atomic E-state index is 0.284. The van der Waals surface area contributed by atoms with Gasteiger partial charge in [-0.3, -0.25) is 4.99 Å². The molecule has 1 heterocycles. The number of hydrogen-bond donors (Lipinski definition) is 3. The molecule has 0 bridgehead atoms. The van der Waals surface area contributed by atoms with Gasteiger partial charge in [0.05, 0.1) is 23.4 Å². The van der Waals surface area contributed by atoms with E-state index in [1.807, 2.05) is 26.0 Å². The number of aliphatic imine (C=N–C) groups is 1. The van der Waals surface area contributed by atoms with Crippen LogP contribution in [0.1, 0.15) is 29.3 Å². The van der Waals surface area contributed by atoms with Gasteiger partial charge in [-0.2, -0.15) is 0 Å². The van der Waals surface area contributed by atoms with Crippen molar-refractivity contribution in [3.63, 3.8) is 0 Å². The highest BCUT2D eigenvalue weighted by Crippen LogP contribution is 2.16. The number of benzene rings is 1. The molecule has 0 amide bonds. The molecule has 5 nitrogen and oxygen atoms in total. The Morgan fingerprint density at radius 1 is 1.33 bits per heavy atom. The largest absolute Gasteiger partial charge is 0.386 e. The molecule has 0 aliphatic carbocycles. The number of thiazole rings is 1. The zero-order valence-corrected chi connectivity index (χ0v) is 15.5. The summed E-state index contributed by atoms with van der Waals surface area (Å²) in [5.74, 6) is 0.692. The number of aliphatic hydroxyl groups is 1. The van der Waals surface area contributed by atoms with Gasteiger partial charge in [0.15, 0.2) is 5.96 Å². The number of nitrogens with one attached hydrogen (secondary N) is 2. The maximum Gasteiger partial charge on any atom is 0.191 e. The highest BCUT2D eigenvalue weighted by atomic mass is 35.5. The first kappa shape index (κ1) is 18.7. The standard InChI is InChI=1S/C17H23ClN4OS/c1-3-19-17(20-9-8-15-11-24-12(2)22-15)21-10-16(23)13-4-6-14(18)7-5-13/h4-7,11,16,23H,3,8-10H2,1-2H3,(H2,19,20,21). The van der Waals surface area contributed by atoms with Crippen molar-refractivity contribution < 1.29 is 5.11 Å². The summed E-state index contributed by atoms with van der Waals surface area (Å²) in [4.78, 5) is 8.88. The van der Waals surface area contributed by atoms with E-state index in [0.29, 0.717) is 11.0 Å². The topological polar surface area (TPSA) is 69.5 Å². The molecule has 2 rings (SSSR count). The lowest BCUT2D eigenvalue weighted by atomic mass is 10.1. The molecular formula is C17H23ClN4OS. The maximum atomic E-state index is 10.2. The Labute approximate surface area is 151 Å². The van der Waals surface area contributed by atoms with Crippen molar-refractivity contribution in [1.82, 2.24) is 15.6 Å². The number of guanidine groups is 1. The molecule has 1 aromatic heterocycles. The summed E-state index contributed by atoms with van der Waals surface area (Å²) in [5.41, 5.74) is 1.89. The first-order valence-corrected chi connectivity index (χ1v) is 9.21. The molecule has 0 aliphatic heterocycles. The fraction of sp³-hybridized carbons (Fsp3) is 0.412. The van der Waals surface area contributed by atoms with Crippen LogP contribution >= 0.6 is 22.9 Å². The summed E-state index contributed by atoms with van der Waals surface area (Å²) in [7, 11) is 0. The second kappa shape index (κ2) is 9.61. The van der Waals surface area contributed by atoms with E-state index in [2.05, 4.69) is 26.0 Å². The Hall–Kier alpha value is -1.63. The zero-order chi connectivity index (χ0) is 17.4. The van der Waals surface area contributed by atoms with Crippen LogP contribution in [0, 0.1) is 6.92 Å². The SMILES string of the molecule is CCNC(=NCC(O)c1ccc(Cl)cc1)NCCc1csc(C)n1. The van der Waals surface area contributed by atoms with Gasteiger partial charge in [0.1, 0.15) is 0 Å². The van der Waals surface area contributed by atoms with Crippen molar-refractivity contribution in [2.75, 3.05) is 19.6 Å². The third kappa shape index (κ3) is 6.11. The Morgan fingerprint density at radius 2 is 2.08 bits per heavy atom. The molecule has 24 heavy (non-hydrogen) atoms. The first-order chi connectivity index (χ1) is 11.6. The number of rotatable bonds is 7. The van der Waals surface area contributed by atoms with Crippen molar-refractivity contribution in [2.45, 2.75) is 26.4 Å². The summed E-state index contributed by atoms with van der Waals surface area (Å²) < 4.78 is 0. The molecule has 130 valence electrons. The summed E-state index contributed by atoms with van der Waals surface area (Å²) in [6.45, 7) is 5.80. The second-order valence-electron chi connectivity index (χ2n) is 5.32. The van der Waals surface area contributed by atoms with Crippen molar-refractivity contribution in [3.05, 3.63) is 50.9 Å². The predicted octanol–water partition coefficient (Wildman–Crippen LogP) is 2.94. The molecule has 0 spiro atoms. The van der Waals surface area contributed by atoms with Crippen LogP contribution in [0.2, 0.25) is 5.02 Å². The third-order valence-corrected chi connectivity index (χ3v) is 4.44. The van der Waals surface area contributed by atoms with Crippen molar-refractivity contribution in [3.8, 4) is 0 Å². The molecule has 0 saturated heterocycles. The molecule has 0 radical (unpaired) electrons. The number of hydrogen-bond acceptors (Lipinski definition) is 4. The minimum atomic E-state index is -0.654. The Bertz CT molecular complexity index is 657. The normalized spacial score (nSPS) is 12.9. The minimum Gasteiger partial charge on any atom is -0.386 e. The van der Waals surface area contributed by atoms with Gasteiger partial charge in [0, 0.05) is 29.9 Å². The molecule has 7 heteroatoms. The average Bonchev–Trinajstić information content (AvgIpc) is 2.98. The van der Waals surface area contributed by atoms with E-state index in [1.54, 1.807) is 23.5 Å². The number of aromatic nitrogens is 1. The van der Waals surface area contributed by atoms with E-state index in [9.17, 15) is 5.11 Å². The van der Waals surface area contributed by atoms with E-state index in [0.717, 1.165) is 35.8 Å². The van der Waals surface area contributed by atoms with Gasteiger partial charge < -0.3 is 15.7 Å². The second-order valence-corrected chi connectivity index (χ2v) is 6.82. The molecule has 0 saturated carbocycles. The quantitative estimate of drug-likeness (QED) is 0.520. The molecule has 0 aliphatic rings. The van der Waals surface area contributed by atoms with Crippen LogP contribution in [0.15, 0.2) is 34.6 Å². The zero-order valence-electron chi connectivity index (χ0n) is 13.9. The molecule has 1 unspecified atom stereocenters. The highest BCUT2D eigenvalue weighted by Gasteiger charge is 2.07. The van der Waals surface area contributed by atoms with Gasteiger partial charge in [0.2, 0.25) is 0 Å². The summed E-state index contributed by atoms with van der Waals surface area (Å²) in [6.07, 6.45) is 0.188. The van der Waals surface area contributed by atoms with E-state index in [4.69, 9.17) is 11.6 Å². The molecule has 3 N–H and O–H groups in total. The Morgan fingerprint density at radius 3 is 2.71 bits per heavy atom. The molecule has 1 aromatic carbocycles. The van der Waals surface area contributed by atoms with Gasteiger partial charge in [-0.1, -0.05) is 23.7 Å². The maximum absolute atomic E-state index is 10.2. The fourth-order valence-electron chi connectivity index (χ4n) is 2.14. The van der Waals surface area contributed by atoms with Gasteiger partial charge in [-0.25, -0.2) is 4.98 Å². The monoisotopic (exact) mass is 366 g/mol. The van der Waals surface area contributed by atoms with E-state index >= 15 is 0 Å². The molecule has 1 atom stereocenters. The molecular weight excluding hydrogens is 344 g/mol. The Kier molecular flexibility index (Phi) is 7.49. The lowest BCUT2D eigenvalue weighted by molar-refractivity contribution is 0.187. The smallest absolute Gasteiger partial charge is 0.191 e. The molecule has 2 aromatic rings. The van der Waals surface area contributed by atoms with Gasteiger partial charge in [-0.15, -0.1) is 11.3 Å². The highest BCUT2D eigenvalue weighted by molar-refractivity contribution is 7.09. The number of nitrogens with zero attached hydrogens (tertiary/aromatic N) is 2. The predicted molar refractivity (Wildman–Crippen MR) is 101 cm³/mol. The average molecular weight is 367 g/mol. The van der Waals surface area contributed by atoms with Gasteiger partial charge in [0.25, 0.3) is 0 Å². The lowest BCUT2D eigenvalue weighted by Crippen LogP contribution is -2.38. The van der Waals surface area contributed by atoms with Crippen LogP contribution < -0.4 is 10.6 Å². The fourth-order valence-corrected chi connectivity index (χ4v) is 2.91. The van der Waals surface area contributed by atoms with Gasteiger partial charge in [-0.05, 0) is 31.5 Å². The third-order valence-electron chi connectivity index (χ3n) is 3.36. The van der Waals surface area contributed by atoms with Crippen LogP contribution in [0.3, 0.4) is 0 Å². The van der Waals surface area contributed by atoms with Crippen LogP contribution in [0.4, 0.5) is 0 Å². The van der Waals surface area contributed by atoms with Crippen LogP contribution in [-0.2, 0) is 6.42 Å². The van der Waals surface area contributed by atoms with Crippen molar-refractivity contribution >= 4 is 28.9 Å². The summed E-state index contributed by atoms with van der Waals surface area (Å²) >= 11 is 7.52. The van der Waals surface area contributed by atoms with E-state index in [1.165, 1.54) is 0 Å². The number of aryl methyl sites for hydroxylation is 1. The molecule has 0 fully saturated rings. The van der Waals surface area contributed by atoms with Crippen LogP contribution in [0.5, 0.6) is 0 Å². The van der Waals surface area contributed by atoms with Gasteiger partial charge >= 0.3 is 0 Å². The summed E-state index contributed by atoms with van der Waals surface area (Å²) in [5, 5.41) is 20.5. The summed E-state index contributed by atoms with van der Waals surface area (Å²) in [6, 6.07) is 7.16. The van der Waals surface area contributed by atoms with Crippen molar-refractivity contribution in [2.24, 2.45) is 4.99 Å². The lowest BCUT2D eigenvalue weighted by Gasteiger charge is -2.13. The van der Waals surface area contributed by atoms with E-state index < -0.39 is 6.10 Å². The Balaban J connectivity index is 1.86. The van der Waals surface area contributed by atoms with Crippen LogP contribution in [-0.4, -0.2) is 35.7 Å².